The quantitative estimate of drug-likeness (QED) is 0.807. The number of nitrogens with one attached hydrogen (secondary N) is 1. The van der Waals surface area contributed by atoms with E-state index in [0.29, 0.717) is 25.1 Å². The van der Waals surface area contributed by atoms with Gasteiger partial charge in [-0.05, 0) is 24.6 Å². The van der Waals surface area contributed by atoms with Crippen LogP contribution >= 0.6 is 11.6 Å². The zero-order valence-electron chi connectivity index (χ0n) is 11.0. The number of likely N-dealkylation sites (N-methyl/N-ethyl adjacent to an activating group) is 1. The minimum atomic E-state index is -3.72. The largest absolute Gasteiger partial charge is 0.399 e. The molecule has 1 atom stereocenters. The molecule has 1 fully saturated rings. The van der Waals surface area contributed by atoms with Gasteiger partial charge in [-0.2, -0.15) is 0 Å². The van der Waals surface area contributed by atoms with Crippen molar-refractivity contribution in [3.63, 3.8) is 0 Å². The lowest BCUT2D eigenvalue weighted by molar-refractivity contribution is -0.132. The molecule has 0 radical (unpaired) electrons. The van der Waals surface area contributed by atoms with Gasteiger partial charge < -0.3 is 10.6 Å². The second-order valence-corrected chi connectivity index (χ2v) is 6.91. The first-order valence-corrected chi connectivity index (χ1v) is 7.97. The summed E-state index contributed by atoms with van der Waals surface area (Å²) < 4.78 is 27.1. The number of rotatable bonds is 3. The van der Waals surface area contributed by atoms with Crippen molar-refractivity contribution in [1.29, 1.82) is 0 Å². The van der Waals surface area contributed by atoms with E-state index in [-0.39, 0.29) is 21.9 Å². The maximum Gasteiger partial charge on any atom is 0.242 e. The van der Waals surface area contributed by atoms with Crippen LogP contribution < -0.4 is 10.5 Å². The van der Waals surface area contributed by atoms with Crippen LogP contribution in [-0.4, -0.2) is 38.9 Å². The molecule has 1 aliphatic heterocycles. The van der Waals surface area contributed by atoms with Crippen molar-refractivity contribution in [3.8, 4) is 0 Å². The number of carbonyl (C=O) groups is 1. The van der Waals surface area contributed by atoms with Gasteiger partial charge in [0.25, 0.3) is 0 Å². The zero-order valence-corrected chi connectivity index (χ0v) is 12.5. The number of anilines is 1. The van der Waals surface area contributed by atoms with Crippen LogP contribution in [0.25, 0.3) is 0 Å². The molecule has 0 aliphatic carbocycles. The van der Waals surface area contributed by atoms with Crippen molar-refractivity contribution >= 4 is 33.2 Å². The molecule has 1 aromatic carbocycles. The smallest absolute Gasteiger partial charge is 0.242 e. The molecule has 20 heavy (non-hydrogen) atoms. The molecule has 1 unspecified atom stereocenters. The molecule has 8 heteroatoms. The first kappa shape index (κ1) is 15.1. The highest BCUT2D eigenvalue weighted by molar-refractivity contribution is 7.89. The number of hydrogen-bond donors (Lipinski definition) is 2. The van der Waals surface area contributed by atoms with Gasteiger partial charge in [0.2, 0.25) is 15.9 Å². The molecular weight excluding hydrogens is 302 g/mol. The van der Waals surface area contributed by atoms with Gasteiger partial charge in [-0.25, -0.2) is 13.1 Å². The van der Waals surface area contributed by atoms with Crippen molar-refractivity contribution < 1.29 is 13.2 Å². The van der Waals surface area contributed by atoms with Gasteiger partial charge in [0.1, 0.15) is 4.90 Å². The summed E-state index contributed by atoms with van der Waals surface area (Å²) in [6.07, 6.45) is 0.814. The van der Waals surface area contributed by atoms with E-state index < -0.39 is 10.0 Å². The number of nitrogen functional groups attached to an aromatic ring is 1. The van der Waals surface area contributed by atoms with Crippen LogP contribution in [-0.2, 0) is 14.8 Å². The van der Waals surface area contributed by atoms with Crippen molar-refractivity contribution in [2.45, 2.75) is 23.8 Å². The minimum Gasteiger partial charge on any atom is -0.399 e. The molecule has 3 N–H and O–H groups in total. The van der Waals surface area contributed by atoms with Gasteiger partial charge >= 0.3 is 0 Å². The average Bonchev–Trinajstić information content (AvgIpc) is 2.33. The van der Waals surface area contributed by atoms with Crippen molar-refractivity contribution in [1.82, 2.24) is 9.62 Å². The molecule has 0 saturated carbocycles. The molecule has 1 heterocycles. The Morgan fingerprint density at radius 2 is 2.15 bits per heavy atom. The molecule has 110 valence electrons. The number of piperidine rings is 1. The lowest BCUT2D eigenvalue weighted by Crippen LogP contribution is -2.48. The highest BCUT2D eigenvalue weighted by atomic mass is 35.5. The van der Waals surface area contributed by atoms with E-state index in [1.54, 1.807) is 7.05 Å². The third-order valence-corrected chi connectivity index (χ3v) is 5.20. The van der Waals surface area contributed by atoms with Crippen molar-refractivity contribution in [2.24, 2.45) is 0 Å². The lowest BCUT2D eigenvalue weighted by atomic mass is 10.1. The van der Waals surface area contributed by atoms with E-state index in [1.165, 1.54) is 23.1 Å². The summed E-state index contributed by atoms with van der Waals surface area (Å²) in [5.41, 5.74) is 5.94. The van der Waals surface area contributed by atoms with Crippen LogP contribution in [0.3, 0.4) is 0 Å². The maximum atomic E-state index is 12.3. The SMILES string of the molecule is CN1CC(NS(=O)(=O)c2ccc(N)cc2Cl)CCC1=O. The molecule has 0 spiro atoms. The normalized spacial score (nSPS) is 20.2. The second-order valence-electron chi connectivity index (χ2n) is 4.82. The number of halogens is 1. The first-order chi connectivity index (χ1) is 9.29. The predicted octanol–water partition coefficient (Wildman–Crippen LogP) is 0.821. The van der Waals surface area contributed by atoms with E-state index in [1.807, 2.05) is 0 Å². The second kappa shape index (κ2) is 5.59. The van der Waals surface area contributed by atoms with Gasteiger partial charge in [-0.15, -0.1) is 0 Å². The predicted molar refractivity (Wildman–Crippen MR) is 76.8 cm³/mol. The fourth-order valence-electron chi connectivity index (χ4n) is 2.13. The van der Waals surface area contributed by atoms with Gasteiger partial charge in [0, 0.05) is 31.7 Å². The van der Waals surface area contributed by atoms with E-state index >= 15 is 0 Å². The Bertz CT molecular complexity index is 633. The molecule has 1 amide bonds. The number of carbonyl (C=O) groups excluding carboxylic acids is 1. The summed E-state index contributed by atoms with van der Waals surface area (Å²) in [4.78, 5) is 12.9. The summed E-state index contributed by atoms with van der Waals surface area (Å²) in [7, 11) is -2.07. The van der Waals surface area contributed by atoms with Crippen molar-refractivity contribution in [2.75, 3.05) is 19.3 Å². The number of hydrogen-bond acceptors (Lipinski definition) is 4. The Balaban J connectivity index is 2.17. The molecule has 1 aliphatic rings. The van der Waals surface area contributed by atoms with Crippen LogP contribution in [0, 0.1) is 0 Å². The topological polar surface area (TPSA) is 92.5 Å². The van der Waals surface area contributed by atoms with E-state index in [2.05, 4.69) is 4.72 Å². The van der Waals surface area contributed by atoms with Crippen LogP contribution in [0.2, 0.25) is 5.02 Å². The highest BCUT2D eigenvalue weighted by Gasteiger charge is 2.28. The average molecular weight is 318 g/mol. The van der Waals surface area contributed by atoms with E-state index in [4.69, 9.17) is 17.3 Å². The summed E-state index contributed by atoms with van der Waals surface area (Å²) >= 11 is 5.92. The monoisotopic (exact) mass is 317 g/mol. The molecule has 0 aromatic heterocycles. The van der Waals surface area contributed by atoms with Crippen molar-refractivity contribution in [3.05, 3.63) is 23.2 Å². The number of nitrogens with zero attached hydrogens (tertiary/aromatic N) is 1. The number of nitrogens with two attached hydrogens (primary N) is 1. The Hall–Kier alpha value is -1.31. The summed E-state index contributed by atoms with van der Waals surface area (Å²) in [6, 6.07) is 3.94. The van der Waals surface area contributed by atoms with Gasteiger partial charge in [-0.1, -0.05) is 11.6 Å². The molecule has 1 aromatic rings. The fourth-order valence-corrected chi connectivity index (χ4v) is 3.94. The van der Waals surface area contributed by atoms with Crippen LogP contribution in [0.1, 0.15) is 12.8 Å². The minimum absolute atomic E-state index is 0.00656. The third-order valence-electron chi connectivity index (χ3n) is 3.19. The van der Waals surface area contributed by atoms with Crippen LogP contribution in [0.4, 0.5) is 5.69 Å². The maximum absolute atomic E-state index is 12.3. The van der Waals surface area contributed by atoms with Gasteiger partial charge in [-0.3, -0.25) is 4.79 Å². The number of likely N-dealkylation sites (tertiary alicyclic amines) is 1. The number of sulfonamides is 1. The fraction of sp³-hybridized carbons (Fsp3) is 0.417. The van der Waals surface area contributed by atoms with E-state index in [0.717, 1.165) is 0 Å². The van der Waals surface area contributed by atoms with E-state index in [9.17, 15) is 13.2 Å². The summed E-state index contributed by atoms with van der Waals surface area (Å²) in [5, 5.41) is 0.0812. The molecule has 0 bridgehead atoms. The van der Waals surface area contributed by atoms with Crippen LogP contribution in [0.5, 0.6) is 0 Å². The Morgan fingerprint density at radius 3 is 2.75 bits per heavy atom. The Labute approximate surface area is 122 Å². The Kier molecular flexibility index (Phi) is 4.22. The van der Waals surface area contributed by atoms with Gasteiger partial charge in [0.05, 0.1) is 5.02 Å². The number of amides is 1. The van der Waals surface area contributed by atoms with Gasteiger partial charge in [0.15, 0.2) is 0 Å². The first-order valence-electron chi connectivity index (χ1n) is 6.11. The summed E-state index contributed by atoms with van der Waals surface area (Å²) in [6.45, 7) is 0.352. The molecule has 2 rings (SSSR count). The zero-order chi connectivity index (χ0) is 14.9. The summed E-state index contributed by atoms with van der Waals surface area (Å²) in [5.74, 6) is 0.0194. The highest BCUT2D eigenvalue weighted by Crippen LogP contribution is 2.24. The lowest BCUT2D eigenvalue weighted by Gasteiger charge is -2.30. The Morgan fingerprint density at radius 1 is 1.45 bits per heavy atom. The van der Waals surface area contributed by atoms with Crippen LogP contribution in [0.15, 0.2) is 23.1 Å². The molecule has 1 saturated heterocycles. The third kappa shape index (κ3) is 3.23. The molecular formula is C12H16ClN3O3S. The molecule has 6 nitrogen and oxygen atoms in total. The standard InChI is InChI=1S/C12H16ClN3O3S/c1-16-7-9(3-5-12(16)17)15-20(18,19)11-4-2-8(14)6-10(11)13/h2,4,6,9,15H,3,5,7,14H2,1H3. The number of benzene rings is 1.